The molecule has 0 unspecified atom stereocenters. The van der Waals surface area contributed by atoms with Crippen molar-refractivity contribution in [1.29, 1.82) is 0 Å². The fourth-order valence-electron chi connectivity index (χ4n) is 3.00. The molecule has 1 aliphatic carbocycles. The van der Waals surface area contributed by atoms with E-state index in [9.17, 15) is 8.42 Å². The molecule has 0 saturated heterocycles. The van der Waals surface area contributed by atoms with Gasteiger partial charge in [0.2, 0.25) is 5.03 Å². The summed E-state index contributed by atoms with van der Waals surface area (Å²) in [4.78, 5) is 6.05. The fourth-order valence-corrected chi connectivity index (χ4v) is 4.43. The molecule has 0 aromatic carbocycles. The summed E-state index contributed by atoms with van der Waals surface area (Å²) in [6.45, 7) is 9.78. The van der Waals surface area contributed by atoms with E-state index in [1.165, 1.54) is 10.9 Å². The SMILES string of the molecule is CC(C)CN(C=NS(=O)(=O)c1c(Cl)nc2ccc(C3CC3)nn12)CC(C)C. The lowest BCUT2D eigenvalue weighted by atomic mass is 10.1. The molecule has 0 radical (unpaired) electrons. The number of hydrogen-bond acceptors (Lipinski definition) is 4. The number of nitrogens with zero attached hydrogens (tertiary/aromatic N) is 5. The van der Waals surface area contributed by atoms with E-state index in [4.69, 9.17) is 11.6 Å². The van der Waals surface area contributed by atoms with Gasteiger partial charge < -0.3 is 4.90 Å². The van der Waals surface area contributed by atoms with Gasteiger partial charge in [-0.2, -0.15) is 18.0 Å². The summed E-state index contributed by atoms with van der Waals surface area (Å²) in [6, 6.07) is 3.63. The second-order valence-electron chi connectivity index (χ2n) is 7.95. The smallest absolute Gasteiger partial charge is 0.304 e. The van der Waals surface area contributed by atoms with Gasteiger partial charge in [-0.15, -0.1) is 4.40 Å². The van der Waals surface area contributed by atoms with Crippen LogP contribution in [0, 0.1) is 11.8 Å². The van der Waals surface area contributed by atoms with Gasteiger partial charge in [-0.05, 0) is 36.8 Å². The predicted octanol–water partition coefficient (Wildman–Crippen LogP) is 3.59. The van der Waals surface area contributed by atoms with Crippen molar-refractivity contribution in [1.82, 2.24) is 19.5 Å². The van der Waals surface area contributed by atoms with Crippen LogP contribution in [-0.4, -0.2) is 47.3 Å². The Kier molecular flexibility index (Phi) is 5.76. The molecule has 0 amide bonds. The van der Waals surface area contributed by atoms with Gasteiger partial charge in [-0.1, -0.05) is 39.3 Å². The maximum absolute atomic E-state index is 12.9. The summed E-state index contributed by atoms with van der Waals surface area (Å²) in [5.41, 5.74) is 1.26. The number of imidazole rings is 1. The molecule has 1 aliphatic rings. The summed E-state index contributed by atoms with van der Waals surface area (Å²) < 4.78 is 31.0. The molecule has 0 atom stereocenters. The Morgan fingerprint density at radius 3 is 2.44 bits per heavy atom. The van der Waals surface area contributed by atoms with Crippen molar-refractivity contribution in [3.63, 3.8) is 0 Å². The molecular weight excluding hydrogens is 386 g/mol. The Hall–Kier alpha value is -1.67. The molecule has 2 aromatic heterocycles. The summed E-state index contributed by atoms with van der Waals surface area (Å²) in [6.07, 6.45) is 3.54. The molecule has 3 rings (SSSR count). The zero-order chi connectivity index (χ0) is 19.8. The molecule has 9 heteroatoms. The van der Waals surface area contributed by atoms with Crippen LogP contribution in [0.1, 0.15) is 52.1 Å². The Balaban J connectivity index is 1.95. The molecule has 0 N–H and O–H groups in total. The highest BCUT2D eigenvalue weighted by Crippen LogP contribution is 2.39. The van der Waals surface area contributed by atoms with Crippen molar-refractivity contribution in [3.05, 3.63) is 23.0 Å². The molecular formula is C18H26ClN5O2S. The van der Waals surface area contributed by atoms with Crippen molar-refractivity contribution < 1.29 is 8.42 Å². The molecule has 27 heavy (non-hydrogen) atoms. The van der Waals surface area contributed by atoms with E-state index in [-0.39, 0.29) is 10.2 Å². The van der Waals surface area contributed by atoms with E-state index in [1.807, 2.05) is 11.0 Å². The van der Waals surface area contributed by atoms with Crippen molar-refractivity contribution in [3.8, 4) is 0 Å². The number of aromatic nitrogens is 3. The van der Waals surface area contributed by atoms with E-state index in [2.05, 4.69) is 42.2 Å². The molecule has 7 nitrogen and oxygen atoms in total. The first-order valence-electron chi connectivity index (χ1n) is 9.27. The van der Waals surface area contributed by atoms with Gasteiger partial charge in [0.25, 0.3) is 0 Å². The molecule has 0 aliphatic heterocycles. The third-order valence-corrected chi connectivity index (χ3v) is 5.81. The maximum Gasteiger partial charge on any atom is 0.304 e. The summed E-state index contributed by atoms with van der Waals surface area (Å²) >= 11 is 6.15. The highest BCUT2D eigenvalue weighted by Gasteiger charge is 2.29. The topological polar surface area (TPSA) is 79.9 Å². The van der Waals surface area contributed by atoms with Crippen LogP contribution >= 0.6 is 11.6 Å². The van der Waals surface area contributed by atoms with Gasteiger partial charge in [0, 0.05) is 19.0 Å². The highest BCUT2D eigenvalue weighted by molar-refractivity contribution is 7.90. The number of rotatable bonds is 8. The second kappa shape index (κ2) is 7.75. The summed E-state index contributed by atoms with van der Waals surface area (Å²) in [5.74, 6) is 1.17. The summed E-state index contributed by atoms with van der Waals surface area (Å²) in [5, 5.41) is 4.17. The van der Waals surface area contributed by atoms with E-state index in [0.717, 1.165) is 31.6 Å². The van der Waals surface area contributed by atoms with Crippen LogP contribution in [-0.2, 0) is 10.0 Å². The van der Waals surface area contributed by atoms with Gasteiger partial charge in [-0.25, -0.2) is 4.98 Å². The standard InChI is InChI=1S/C18H26ClN5O2S/c1-12(2)9-23(10-13(3)4)11-20-27(25,26)18-17(19)21-16-8-7-15(14-5-6-14)22-24(16)18/h7-8,11-14H,5-6,9-10H2,1-4H3. The molecule has 1 saturated carbocycles. The average Bonchev–Trinajstić information content (AvgIpc) is 3.33. The molecule has 2 aromatic rings. The molecule has 148 valence electrons. The van der Waals surface area contributed by atoms with E-state index >= 15 is 0 Å². The van der Waals surface area contributed by atoms with Crippen molar-refractivity contribution in [2.24, 2.45) is 16.2 Å². The van der Waals surface area contributed by atoms with Crippen LogP contribution in [0.2, 0.25) is 5.15 Å². The normalized spacial score (nSPS) is 15.5. The van der Waals surface area contributed by atoms with E-state index in [0.29, 0.717) is 23.4 Å². The lowest BCUT2D eigenvalue weighted by Crippen LogP contribution is -2.30. The third kappa shape index (κ3) is 4.79. The monoisotopic (exact) mass is 411 g/mol. The largest absolute Gasteiger partial charge is 0.361 e. The van der Waals surface area contributed by atoms with Crippen LogP contribution in [0.3, 0.4) is 0 Å². The fraction of sp³-hybridized carbons (Fsp3) is 0.611. The minimum Gasteiger partial charge on any atom is -0.361 e. The van der Waals surface area contributed by atoms with Crippen LogP contribution in [0.15, 0.2) is 21.6 Å². The van der Waals surface area contributed by atoms with Crippen LogP contribution in [0.4, 0.5) is 0 Å². The number of hydrogen-bond donors (Lipinski definition) is 0. The molecule has 0 bridgehead atoms. The molecule has 1 fully saturated rings. The van der Waals surface area contributed by atoms with Gasteiger partial charge in [0.05, 0.1) is 5.69 Å². The van der Waals surface area contributed by atoms with Crippen molar-refractivity contribution >= 4 is 33.6 Å². The lowest BCUT2D eigenvalue weighted by Gasteiger charge is -2.23. The van der Waals surface area contributed by atoms with Gasteiger partial charge >= 0.3 is 10.0 Å². The third-order valence-electron chi connectivity index (χ3n) is 4.21. The first-order valence-corrected chi connectivity index (χ1v) is 11.1. The average molecular weight is 412 g/mol. The van der Waals surface area contributed by atoms with Crippen LogP contribution in [0.5, 0.6) is 0 Å². The van der Waals surface area contributed by atoms with Crippen molar-refractivity contribution in [2.45, 2.75) is 51.5 Å². The Morgan fingerprint density at radius 1 is 1.26 bits per heavy atom. The van der Waals surface area contributed by atoms with Gasteiger partial charge in [0.1, 0.15) is 6.34 Å². The first kappa shape index (κ1) is 20.1. The minimum absolute atomic E-state index is 0.105. The maximum atomic E-state index is 12.9. The van der Waals surface area contributed by atoms with Gasteiger partial charge in [0.15, 0.2) is 10.8 Å². The van der Waals surface area contributed by atoms with Gasteiger partial charge in [-0.3, -0.25) is 0 Å². The number of fused-ring (bicyclic) bond motifs is 1. The first-order chi connectivity index (χ1) is 12.7. The highest BCUT2D eigenvalue weighted by atomic mass is 35.5. The Morgan fingerprint density at radius 2 is 1.89 bits per heavy atom. The zero-order valence-corrected chi connectivity index (χ0v) is 17.7. The van der Waals surface area contributed by atoms with Crippen molar-refractivity contribution in [2.75, 3.05) is 13.1 Å². The summed E-state index contributed by atoms with van der Waals surface area (Å²) in [7, 11) is -4.03. The number of sulfonamides is 1. The molecule has 0 spiro atoms. The van der Waals surface area contributed by atoms with Crippen LogP contribution in [0.25, 0.3) is 5.65 Å². The Bertz CT molecular complexity index is 938. The lowest BCUT2D eigenvalue weighted by molar-refractivity contribution is 0.336. The predicted molar refractivity (Wildman–Crippen MR) is 107 cm³/mol. The quantitative estimate of drug-likeness (QED) is 0.489. The van der Waals surface area contributed by atoms with Crippen LogP contribution < -0.4 is 0 Å². The Labute approximate surface area is 165 Å². The second-order valence-corrected chi connectivity index (χ2v) is 9.85. The minimum atomic E-state index is -4.03. The van der Waals surface area contributed by atoms with E-state index in [1.54, 1.807) is 6.07 Å². The zero-order valence-electron chi connectivity index (χ0n) is 16.1. The molecule has 2 heterocycles. The number of halogens is 1. The van der Waals surface area contributed by atoms with E-state index < -0.39 is 10.0 Å².